The Morgan fingerprint density at radius 1 is 0.585 bits per heavy atom. The number of hydrogen-bond acceptors (Lipinski definition) is 7. The number of benzene rings is 3. The predicted molar refractivity (Wildman–Crippen MR) is 215 cm³/mol. The molecule has 0 aliphatic heterocycles. The van der Waals surface area contributed by atoms with Gasteiger partial charge in [0.25, 0.3) is 0 Å². The van der Waals surface area contributed by atoms with Crippen molar-refractivity contribution >= 4 is 17.3 Å². The number of aromatic nitrogens is 1. The van der Waals surface area contributed by atoms with Crippen molar-refractivity contribution < 1.29 is 36.9 Å². The van der Waals surface area contributed by atoms with E-state index in [9.17, 15) is 15.0 Å². The molecule has 0 saturated heterocycles. The number of nitrogens with one attached hydrogen (secondary N) is 2. The van der Waals surface area contributed by atoms with E-state index in [1.54, 1.807) is 13.8 Å². The summed E-state index contributed by atoms with van der Waals surface area (Å²) < 4.78 is 0. The molecular weight excluding hydrogens is 705 g/mol. The molecule has 0 amide bonds. The molecule has 53 heavy (non-hydrogen) atoms. The molecule has 7 nitrogen and oxygen atoms in total. The summed E-state index contributed by atoms with van der Waals surface area (Å²) in [7, 11) is 0. The van der Waals surface area contributed by atoms with Crippen molar-refractivity contribution in [1.82, 2.24) is 4.98 Å². The number of hydrogen-bond donors (Lipinski definition) is 4. The Morgan fingerprint density at radius 2 is 0.925 bits per heavy atom. The minimum atomic E-state index is -1.48. The normalized spacial score (nSPS) is 12.4. The molecule has 0 spiro atoms. The molecule has 290 valence electrons. The van der Waals surface area contributed by atoms with E-state index in [1.807, 2.05) is 0 Å². The maximum Gasteiger partial charge on any atom is 1.00 e. The molecule has 4 rings (SSSR count). The fourth-order valence-corrected chi connectivity index (χ4v) is 6.66. The van der Waals surface area contributed by atoms with Gasteiger partial charge in [0.05, 0.1) is 29.4 Å². The first-order valence-electron chi connectivity index (χ1n) is 18.8. The van der Waals surface area contributed by atoms with E-state index in [4.69, 9.17) is 10.1 Å². The van der Waals surface area contributed by atoms with Gasteiger partial charge in [0.2, 0.25) is 0 Å². The van der Waals surface area contributed by atoms with Gasteiger partial charge in [0.15, 0.2) is 11.5 Å². The number of anilines is 2. The molecule has 3 aromatic carbocycles. The Bertz CT molecular complexity index is 1700. The summed E-state index contributed by atoms with van der Waals surface area (Å²) in [5.41, 5.74) is 13.0. The van der Waals surface area contributed by atoms with Gasteiger partial charge in [-0.25, -0.2) is 0 Å². The van der Waals surface area contributed by atoms with Crippen LogP contribution in [0.2, 0.25) is 0 Å². The molecule has 4 N–H and O–H groups in total. The number of carboxylic acids is 1. The van der Waals surface area contributed by atoms with Crippen LogP contribution in [0.4, 0.5) is 11.4 Å². The average Bonchev–Trinajstić information content (AvgIpc) is 3.06. The summed E-state index contributed by atoms with van der Waals surface area (Å²) >= 11 is 0. The Kier molecular flexibility index (Phi) is 16.5. The minimum Gasteiger partial charge on any atom is -0.545 e. The van der Waals surface area contributed by atoms with E-state index in [-0.39, 0.29) is 40.3 Å². The molecule has 0 radical (unpaired) electrons. The topological polar surface area (TPSA) is 118 Å². The number of aromatic carboxylic acids is 1. The largest absolute Gasteiger partial charge is 1.00 e. The summed E-state index contributed by atoms with van der Waals surface area (Å²) in [6.45, 7) is 30.7. The van der Waals surface area contributed by atoms with Crippen molar-refractivity contribution in [2.45, 2.75) is 139 Å². The summed E-state index contributed by atoms with van der Waals surface area (Å²) in [6, 6.07) is 18.7. The molecule has 0 aliphatic carbocycles. The van der Waals surface area contributed by atoms with E-state index in [0.29, 0.717) is 29.2 Å². The van der Waals surface area contributed by atoms with Crippen LogP contribution < -0.4 is 15.7 Å². The van der Waals surface area contributed by atoms with Gasteiger partial charge in [-0.1, -0.05) is 117 Å². The van der Waals surface area contributed by atoms with Crippen LogP contribution in [0, 0.1) is 13.8 Å². The van der Waals surface area contributed by atoms with E-state index in [0.717, 1.165) is 11.4 Å². The number of phenols is 2. The molecule has 2 unspecified atom stereocenters. The molecule has 1 aromatic heterocycles. The third kappa shape index (κ3) is 11.2. The zero-order chi connectivity index (χ0) is 39.2. The van der Waals surface area contributed by atoms with Gasteiger partial charge in [0, 0.05) is 16.9 Å². The van der Waals surface area contributed by atoms with E-state index in [1.165, 1.54) is 56.9 Å². The van der Waals surface area contributed by atoms with Crippen molar-refractivity contribution in [3.8, 4) is 11.5 Å². The fraction of sp³-hybridized carbons (Fsp3) is 0.467. The molecule has 8 heteroatoms. The molecule has 0 fully saturated rings. The summed E-state index contributed by atoms with van der Waals surface area (Å²) in [5.74, 6) is -0.826. The van der Waals surface area contributed by atoms with Crippen LogP contribution >= 0.6 is 0 Å². The van der Waals surface area contributed by atoms with E-state index >= 15 is 0 Å². The van der Waals surface area contributed by atoms with Gasteiger partial charge < -0.3 is 30.7 Å². The molecule has 4 aromatic rings. The van der Waals surface area contributed by atoms with Crippen LogP contribution in [-0.2, 0) is 16.8 Å². The quantitative estimate of drug-likeness (QED) is 0.106. The second-order valence-electron chi connectivity index (χ2n) is 15.8. The van der Waals surface area contributed by atoms with Gasteiger partial charge in [-0.05, 0) is 103 Å². The first-order chi connectivity index (χ1) is 24.2. The monoisotopic (exact) mass is 767 g/mol. The van der Waals surface area contributed by atoms with E-state index < -0.39 is 17.5 Å². The molecule has 2 atom stereocenters. The number of nitrogens with zero attached hydrogens (tertiary/aromatic N) is 1. The van der Waals surface area contributed by atoms with Crippen LogP contribution in [-0.4, -0.2) is 21.2 Å². The van der Waals surface area contributed by atoms with Crippen molar-refractivity contribution in [1.29, 1.82) is 0 Å². The standard InChI is InChI=1S/C35H51N3.C10H12O4.Co/c1-20(2)28-16-24(9)17-29(21(3)4)34(28)36-26(11)32-14-13-15-33(38-32)27(12)37-35-30(22(5)6)18-25(10)19-31(35)23(7)8;1-5(2)6-3-4-7(11)9(12)8(6)10(13)14;/h13-23,26-27,36-37H,1-12H3;3-5,11-12H,1-2H3,(H,13,14);/q;;+1/p-1. The van der Waals surface area contributed by atoms with Crippen molar-refractivity contribution in [3.63, 3.8) is 0 Å². The van der Waals surface area contributed by atoms with Gasteiger partial charge in [-0.15, -0.1) is 0 Å². The van der Waals surface area contributed by atoms with Crippen molar-refractivity contribution in [2.24, 2.45) is 0 Å². The van der Waals surface area contributed by atoms with Crippen LogP contribution in [0.15, 0.2) is 54.6 Å². The number of aryl methyl sites for hydroxylation is 2. The van der Waals surface area contributed by atoms with Gasteiger partial charge in [-0.2, -0.15) is 0 Å². The zero-order valence-corrected chi connectivity index (χ0v) is 35.3. The Balaban J connectivity index is 0.000000545. The minimum absolute atomic E-state index is 0. The average molecular weight is 768 g/mol. The summed E-state index contributed by atoms with van der Waals surface area (Å²) in [5, 5.41) is 36.9. The number of pyridine rings is 1. The Hall–Kier alpha value is -4.01. The van der Waals surface area contributed by atoms with Crippen LogP contribution in [0.1, 0.15) is 185 Å². The summed E-state index contributed by atoms with van der Waals surface area (Å²) in [6.07, 6.45) is 0. The number of carboxylic acid groups (broad SMARTS) is 1. The number of aromatic hydroxyl groups is 2. The van der Waals surface area contributed by atoms with Gasteiger partial charge in [0.1, 0.15) is 0 Å². The first-order valence-corrected chi connectivity index (χ1v) is 18.8. The molecule has 0 bridgehead atoms. The van der Waals surface area contributed by atoms with Crippen molar-refractivity contribution in [2.75, 3.05) is 10.6 Å². The third-order valence-electron chi connectivity index (χ3n) is 9.59. The van der Waals surface area contributed by atoms with Gasteiger partial charge >= 0.3 is 16.8 Å². The summed E-state index contributed by atoms with van der Waals surface area (Å²) in [4.78, 5) is 15.9. The van der Waals surface area contributed by atoms with Gasteiger partial charge in [-0.3, -0.25) is 4.98 Å². The SMILES string of the molecule is CC(C)c1ccc(O)c(O)c1C(=O)[O-].Cc1cc(C(C)C)c(NC(C)c2cccc(C(C)Nc3c(C(C)C)cc(C)cc3C(C)C)n2)c(C(C)C)c1.[Co+]. The maximum atomic E-state index is 10.7. The first kappa shape index (κ1) is 45.1. The van der Waals surface area contributed by atoms with Crippen molar-refractivity contribution in [3.05, 3.63) is 110 Å². The second kappa shape index (κ2) is 19.4. The third-order valence-corrected chi connectivity index (χ3v) is 9.59. The Morgan fingerprint density at radius 3 is 1.23 bits per heavy atom. The number of carbonyl (C=O) groups is 1. The van der Waals surface area contributed by atoms with Crippen LogP contribution in [0.3, 0.4) is 0 Å². The maximum absolute atomic E-state index is 10.7. The van der Waals surface area contributed by atoms with Crippen LogP contribution in [0.5, 0.6) is 11.5 Å². The second-order valence-corrected chi connectivity index (χ2v) is 15.8. The zero-order valence-electron chi connectivity index (χ0n) is 34.2. The number of carbonyl (C=O) groups excluding carboxylic acids is 1. The number of rotatable bonds is 12. The predicted octanol–water partition coefficient (Wildman–Crippen LogP) is 11.1. The molecule has 0 aliphatic rings. The molecule has 0 saturated carbocycles. The molecular formula is C45H62CoN3O4. The fourth-order valence-electron chi connectivity index (χ4n) is 6.66. The van der Waals surface area contributed by atoms with Crippen LogP contribution in [0.25, 0.3) is 0 Å². The smallest absolute Gasteiger partial charge is 0.545 e. The van der Waals surface area contributed by atoms with E-state index in [2.05, 4.69) is 136 Å². The number of phenolic OH excluding ortho intramolecular Hbond substituents is 1. The Labute approximate surface area is 329 Å². The molecule has 1 heterocycles.